The number of hydrogen-bond acceptors (Lipinski definition) is 6. The van der Waals surface area contributed by atoms with Crippen LogP contribution in [0.5, 0.6) is 17.2 Å². The van der Waals surface area contributed by atoms with Crippen LogP contribution < -0.4 is 14.2 Å². The zero-order chi connectivity index (χ0) is 26.2. The minimum Gasteiger partial charge on any atom is -0.497 e. The van der Waals surface area contributed by atoms with Crippen LogP contribution in [-0.2, 0) is 0 Å². The van der Waals surface area contributed by atoms with E-state index in [0.29, 0.717) is 29.4 Å². The fraction of sp³-hybridized carbons (Fsp3) is 0.226. The van der Waals surface area contributed by atoms with Crippen molar-refractivity contribution in [1.29, 1.82) is 5.26 Å². The average molecular weight is 495 g/mol. The third kappa shape index (κ3) is 6.20. The molecule has 6 nitrogen and oxygen atoms in total. The zero-order valence-electron chi connectivity index (χ0n) is 21.5. The Labute approximate surface area is 217 Å². The van der Waals surface area contributed by atoms with Gasteiger partial charge in [-0.1, -0.05) is 26.0 Å². The van der Waals surface area contributed by atoms with E-state index in [0.717, 1.165) is 40.4 Å². The summed E-state index contributed by atoms with van der Waals surface area (Å²) in [6.07, 6.45) is 2.69. The maximum absolute atomic E-state index is 10.1. The largest absolute Gasteiger partial charge is 0.497 e. The summed E-state index contributed by atoms with van der Waals surface area (Å²) in [5.41, 5.74) is 3.55. The number of hydrogen-bond donors (Lipinski definition) is 0. The first-order valence-electron chi connectivity index (χ1n) is 12.1. The smallest absolute Gasteiger partial charge is 0.238 e. The number of ether oxygens (including phenoxy) is 3. The molecule has 0 saturated carbocycles. The Morgan fingerprint density at radius 3 is 1.95 bits per heavy atom. The third-order valence-corrected chi connectivity index (χ3v) is 5.91. The topological polar surface area (TPSA) is 77.0 Å². The molecule has 0 unspecified atom stereocenters. The van der Waals surface area contributed by atoms with Crippen LogP contribution in [0, 0.1) is 17.2 Å². The molecule has 4 aromatic rings. The van der Waals surface area contributed by atoms with Crippen molar-refractivity contribution in [3.63, 3.8) is 0 Å². The maximum Gasteiger partial charge on any atom is 0.238 e. The number of aliphatic imine (C=N–C) groups is 1. The maximum atomic E-state index is 10.1. The molecule has 1 aromatic heterocycles. The van der Waals surface area contributed by atoms with Crippen LogP contribution in [0.2, 0.25) is 0 Å². The lowest BCUT2D eigenvalue weighted by Crippen LogP contribution is -2.01. The fourth-order valence-electron chi connectivity index (χ4n) is 3.79. The molecule has 0 aliphatic rings. The summed E-state index contributed by atoms with van der Waals surface area (Å²) in [5.74, 6) is 3.68. The van der Waals surface area contributed by atoms with E-state index < -0.39 is 0 Å². The zero-order valence-corrected chi connectivity index (χ0v) is 21.5. The van der Waals surface area contributed by atoms with Gasteiger partial charge < -0.3 is 18.6 Å². The number of benzene rings is 3. The van der Waals surface area contributed by atoms with Crippen LogP contribution in [0.3, 0.4) is 0 Å². The van der Waals surface area contributed by atoms with Gasteiger partial charge in [0.2, 0.25) is 5.88 Å². The molecule has 0 bridgehead atoms. The lowest BCUT2D eigenvalue weighted by Gasteiger charge is -2.07. The summed E-state index contributed by atoms with van der Waals surface area (Å²) < 4.78 is 22.6. The number of nitrogens with zero attached hydrogens (tertiary/aromatic N) is 2. The van der Waals surface area contributed by atoms with E-state index in [2.05, 4.69) is 24.9 Å². The normalized spacial score (nSPS) is 11.0. The van der Waals surface area contributed by atoms with Crippen molar-refractivity contribution < 1.29 is 18.6 Å². The molecule has 0 aliphatic heterocycles. The van der Waals surface area contributed by atoms with Crippen LogP contribution in [0.1, 0.15) is 31.4 Å². The van der Waals surface area contributed by atoms with Gasteiger partial charge in [-0.25, -0.2) is 4.99 Å². The summed E-state index contributed by atoms with van der Waals surface area (Å²) in [4.78, 5) is 4.56. The van der Waals surface area contributed by atoms with E-state index in [-0.39, 0.29) is 5.88 Å². The highest BCUT2D eigenvalue weighted by Gasteiger charge is 2.23. The number of rotatable bonds is 10. The van der Waals surface area contributed by atoms with Crippen molar-refractivity contribution in [3.8, 4) is 45.8 Å². The molecule has 0 saturated heterocycles. The van der Waals surface area contributed by atoms with Gasteiger partial charge in [-0.2, -0.15) is 5.26 Å². The van der Waals surface area contributed by atoms with Crippen LogP contribution >= 0.6 is 0 Å². The molecule has 0 aliphatic carbocycles. The highest BCUT2D eigenvalue weighted by atomic mass is 16.5. The summed E-state index contributed by atoms with van der Waals surface area (Å²) >= 11 is 0. The second-order valence-corrected chi connectivity index (χ2v) is 8.91. The molecule has 0 radical (unpaired) electrons. The Bertz CT molecular complexity index is 1380. The molecule has 0 N–H and O–H groups in total. The van der Waals surface area contributed by atoms with Gasteiger partial charge >= 0.3 is 0 Å². The SMILES string of the molecule is COc1ccc(-c2oc(N=Cc3ccc(OCCC(C)C)cc3)c(C#N)c2-c2ccc(OC)cc2)cc1. The quantitative estimate of drug-likeness (QED) is 0.211. The Hall–Kier alpha value is -4.50. The molecule has 3 aromatic carbocycles. The van der Waals surface area contributed by atoms with Gasteiger partial charge in [0, 0.05) is 17.3 Å². The van der Waals surface area contributed by atoms with Crippen LogP contribution in [0.15, 0.2) is 82.2 Å². The van der Waals surface area contributed by atoms with Crippen molar-refractivity contribution in [1.82, 2.24) is 0 Å². The van der Waals surface area contributed by atoms with E-state index in [4.69, 9.17) is 18.6 Å². The van der Waals surface area contributed by atoms with Crippen LogP contribution in [-0.4, -0.2) is 27.0 Å². The van der Waals surface area contributed by atoms with Gasteiger partial charge in [0.15, 0.2) is 0 Å². The van der Waals surface area contributed by atoms with E-state index in [1.165, 1.54) is 0 Å². The minimum atomic E-state index is 0.247. The first-order chi connectivity index (χ1) is 18.0. The van der Waals surface area contributed by atoms with Crippen molar-refractivity contribution in [2.24, 2.45) is 10.9 Å². The second-order valence-electron chi connectivity index (χ2n) is 8.91. The lowest BCUT2D eigenvalue weighted by molar-refractivity contribution is 0.289. The standard InChI is InChI=1S/C31H30N2O4/c1-21(2)17-18-36-27-11-5-22(6-12-27)20-33-31-28(19-32)29(23-7-13-25(34-3)14-8-23)30(37-31)24-9-15-26(35-4)16-10-24/h5-16,20-21H,17-18H2,1-4H3. The molecular weight excluding hydrogens is 464 g/mol. The van der Waals surface area contributed by atoms with Gasteiger partial charge in [-0.05, 0) is 84.1 Å². The predicted octanol–water partition coefficient (Wildman–Crippen LogP) is 7.68. The van der Waals surface area contributed by atoms with Crippen LogP contribution in [0.25, 0.3) is 22.5 Å². The third-order valence-electron chi connectivity index (χ3n) is 5.91. The Morgan fingerprint density at radius 1 is 0.838 bits per heavy atom. The fourth-order valence-corrected chi connectivity index (χ4v) is 3.79. The van der Waals surface area contributed by atoms with E-state index in [1.807, 2.05) is 72.8 Å². The molecule has 0 spiro atoms. The molecule has 37 heavy (non-hydrogen) atoms. The van der Waals surface area contributed by atoms with Crippen LogP contribution in [0.4, 0.5) is 5.88 Å². The van der Waals surface area contributed by atoms with Crippen molar-refractivity contribution in [2.45, 2.75) is 20.3 Å². The average Bonchev–Trinajstić information content (AvgIpc) is 3.31. The van der Waals surface area contributed by atoms with Crippen molar-refractivity contribution >= 4 is 12.1 Å². The highest BCUT2D eigenvalue weighted by Crippen LogP contribution is 2.43. The summed E-state index contributed by atoms with van der Waals surface area (Å²) in [7, 11) is 3.24. The van der Waals surface area contributed by atoms with Gasteiger partial charge in [0.25, 0.3) is 0 Å². The molecule has 188 valence electrons. The Morgan fingerprint density at radius 2 is 1.41 bits per heavy atom. The Balaban J connectivity index is 1.69. The summed E-state index contributed by atoms with van der Waals surface area (Å²) in [6.45, 7) is 5.03. The summed E-state index contributed by atoms with van der Waals surface area (Å²) in [5, 5.41) is 10.1. The molecule has 0 amide bonds. The van der Waals surface area contributed by atoms with Crippen molar-refractivity contribution in [3.05, 3.63) is 83.9 Å². The van der Waals surface area contributed by atoms with Gasteiger partial charge in [-0.3, -0.25) is 0 Å². The number of methoxy groups -OCH3 is 2. The second kappa shape index (κ2) is 12.0. The van der Waals surface area contributed by atoms with E-state index in [1.54, 1.807) is 20.4 Å². The first kappa shape index (κ1) is 25.6. The van der Waals surface area contributed by atoms with E-state index in [9.17, 15) is 5.26 Å². The van der Waals surface area contributed by atoms with Gasteiger partial charge in [0.1, 0.15) is 34.6 Å². The molecule has 1 heterocycles. The van der Waals surface area contributed by atoms with Gasteiger partial charge in [-0.15, -0.1) is 0 Å². The lowest BCUT2D eigenvalue weighted by atomic mass is 9.98. The molecular formula is C31H30N2O4. The molecule has 4 rings (SSSR count). The highest BCUT2D eigenvalue weighted by molar-refractivity contribution is 5.90. The van der Waals surface area contributed by atoms with E-state index >= 15 is 0 Å². The molecule has 6 heteroatoms. The van der Waals surface area contributed by atoms with Crippen molar-refractivity contribution in [2.75, 3.05) is 20.8 Å². The van der Waals surface area contributed by atoms with Gasteiger partial charge in [0.05, 0.1) is 20.8 Å². The molecule has 0 fully saturated rings. The number of nitriles is 1. The minimum absolute atomic E-state index is 0.247. The first-order valence-corrected chi connectivity index (χ1v) is 12.1. The molecule has 0 atom stereocenters. The Kier molecular flexibility index (Phi) is 8.27. The number of furan rings is 1. The monoisotopic (exact) mass is 494 g/mol. The summed E-state index contributed by atoms with van der Waals surface area (Å²) in [6, 6.07) is 25.0. The predicted molar refractivity (Wildman–Crippen MR) is 146 cm³/mol.